The molecule has 2 saturated heterocycles. The Kier molecular flexibility index (Phi) is 7.43. The Morgan fingerprint density at radius 1 is 1.38 bits per heavy atom. The molecule has 3 rings (SSSR count). The molecule has 0 amide bonds. The van der Waals surface area contributed by atoms with Crippen molar-refractivity contribution >= 4 is 13.8 Å². The minimum atomic E-state index is -3.96. The van der Waals surface area contributed by atoms with E-state index >= 15 is 0 Å². The van der Waals surface area contributed by atoms with Crippen molar-refractivity contribution in [3.8, 4) is 0 Å². The summed E-state index contributed by atoms with van der Waals surface area (Å²) in [6.45, 7) is 6.81. The molecule has 1 aromatic rings. The van der Waals surface area contributed by atoms with Crippen LogP contribution in [0, 0.1) is 5.41 Å². The Balaban J connectivity index is 1.66. The predicted octanol–water partition coefficient (Wildman–Crippen LogP) is 1.36. The number of phosphoric acid groups is 1. The molecule has 180 valence electrons. The van der Waals surface area contributed by atoms with Crippen LogP contribution < -0.4 is 11.2 Å². The van der Waals surface area contributed by atoms with Crippen LogP contribution >= 0.6 is 7.82 Å². The highest BCUT2D eigenvalue weighted by Crippen LogP contribution is 2.60. The summed E-state index contributed by atoms with van der Waals surface area (Å²) in [5.74, 6) is -0.547. The second-order valence-electron chi connectivity index (χ2n) is 8.47. The summed E-state index contributed by atoms with van der Waals surface area (Å²) in [7, 11) is -2.59. The third-order valence-corrected chi connectivity index (χ3v) is 6.73. The molecular weight excluding hydrogens is 447 g/mol. The average molecular weight is 476 g/mol. The van der Waals surface area contributed by atoms with Gasteiger partial charge in [0, 0.05) is 31.2 Å². The van der Waals surface area contributed by atoms with E-state index in [-0.39, 0.29) is 25.7 Å². The third kappa shape index (κ3) is 5.22. The van der Waals surface area contributed by atoms with Crippen LogP contribution in [0.4, 0.5) is 0 Å². The lowest BCUT2D eigenvalue weighted by Crippen LogP contribution is -2.42. The van der Waals surface area contributed by atoms with Crippen LogP contribution in [-0.4, -0.2) is 60.3 Å². The minimum absolute atomic E-state index is 0.0803. The third-order valence-electron chi connectivity index (χ3n) is 5.28. The van der Waals surface area contributed by atoms with Gasteiger partial charge in [-0.15, -0.1) is 0 Å². The summed E-state index contributed by atoms with van der Waals surface area (Å²) < 4.78 is 46.9. The Morgan fingerprint density at radius 2 is 2.09 bits per heavy atom. The first kappa shape index (κ1) is 24.8. The summed E-state index contributed by atoms with van der Waals surface area (Å²) in [6.07, 6.45) is -1.87. The van der Waals surface area contributed by atoms with E-state index in [9.17, 15) is 18.9 Å². The molecule has 0 aliphatic carbocycles. The molecule has 32 heavy (non-hydrogen) atoms. The van der Waals surface area contributed by atoms with E-state index in [1.807, 2.05) is 0 Å². The molecule has 2 fully saturated rings. The molecule has 0 radical (unpaired) electrons. The normalized spacial score (nSPS) is 30.1. The van der Waals surface area contributed by atoms with Crippen LogP contribution in [0.1, 0.15) is 40.3 Å². The number of rotatable bonds is 8. The number of aromatic nitrogens is 2. The van der Waals surface area contributed by atoms with Crippen LogP contribution in [0.3, 0.4) is 0 Å². The molecule has 3 heterocycles. The molecule has 0 bridgehead atoms. The predicted molar refractivity (Wildman–Crippen MR) is 110 cm³/mol. The highest BCUT2D eigenvalue weighted by Gasteiger charge is 2.58. The summed E-state index contributed by atoms with van der Waals surface area (Å²) >= 11 is 0. The lowest BCUT2D eigenvalue weighted by molar-refractivity contribution is -0.160. The van der Waals surface area contributed by atoms with Crippen molar-refractivity contribution in [1.29, 1.82) is 0 Å². The largest absolute Gasteiger partial charge is 0.475 e. The van der Waals surface area contributed by atoms with Gasteiger partial charge in [0.25, 0.3) is 5.56 Å². The molecule has 2 aliphatic rings. The molecule has 13 heteroatoms. The fourth-order valence-electron chi connectivity index (χ4n) is 3.71. The van der Waals surface area contributed by atoms with Gasteiger partial charge in [0.15, 0.2) is 6.10 Å². The highest BCUT2D eigenvalue weighted by atomic mass is 31.2. The van der Waals surface area contributed by atoms with E-state index in [2.05, 4.69) is 4.98 Å². The second kappa shape index (κ2) is 9.58. The fourth-order valence-corrected chi connectivity index (χ4v) is 5.25. The van der Waals surface area contributed by atoms with Gasteiger partial charge in [0.1, 0.15) is 18.4 Å². The van der Waals surface area contributed by atoms with Crippen LogP contribution in [0.5, 0.6) is 0 Å². The molecule has 1 N–H and O–H groups in total. The number of H-pyrrole nitrogens is 1. The maximum Gasteiger partial charge on any atom is 0.475 e. The van der Waals surface area contributed by atoms with Crippen LogP contribution in [0.15, 0.2) is 21.9 Å². The van der Waals surface area contributed by atoms with Gasteiger partial charge >= 0.3 is 19.5 Å². The number of esters is 1. The maximum absolute atomic E-state index is 13.0. The standard InChI is InChI=1S/C19H29N2O10P/c1-11(2)29-16(23)12(26-5)7-9-27-32(25)28-10-13-15(31-32)19(3,4)17(30-13)21-8-6-14(22)20-18(21)24/h6,8,11-13,15,17H,7,9-10H2,1-5H3,(H,20,22,24)/t12-,13+,15+,17+,32-/m0/s1. The Morgan fingerprint density at radius 3 is 2.72 bits per heavy atom. The van der Waals surface area contributed by atoms with Gasteiger partial charge in [0.05, 0.1) is 19.3 Å². The molecule has 2 aliphatic heterocycles. The summed E-state index contributed by atoms with van der Waals surface area (Å²) in [4.78, 5) is 37.8. The summed E-state index contributed by atoms with van der Waals surface area (Å²) in [5.41, 5.74) is -1.97. The number of nitrogens with one attached hydrogen (secondary N) is 1. The molecule has 12 nitrogen and oxygen atoms in total. The SMILES string of the molecule is CO[C@@H](CCO[P@@]1(=O)OC[C@H]2O[C@@H](n3ccc(=O)[nH]c3=O)C(C)(C)[C@@H]2O1)C(=O)OC(C)C. The zero-order chi connectivity index (χ0) is 23.7. The van der Waals surface area contributed by atoms with Crippen molar-refractivity contribution in [3.63, 3.8) is 0 Å². The van der Waals surface area contributed by atoms with Gasteiger partial charge in [-0.05, 0) is 13.8 Å². The quantitative estimate of drug-likeness (QED) is 0.431. The smallest absolute Gasteiger partial charge is 0.461 e. The molecule has 0 saturated carbocycles. The van der Waals surface area contributed by atoms with E-state index in [1.165, 1.54) is 23.9 Å². The number of phosphoric ester groups is 1. The van der Waals surface area contributed by atoms with Crippen LogP contribution in [0.2, 0.25) is 0 Å². The summed E-state index contributed by atoms with van der Waals surface area (Å²) in [5, 5.41) is 0. The number of hydrogen-bond acceptors (Lipinski definition) is 10. The number of hydrogen-bond donors (Lipinski definition) is 1. The Bertz CT molecular complexity index is 987. The van der Waals surface area contributed by atoms with Crippen molar-refractivity contribution in [1.82, 2.24) is 9.55 Å². The number of carbonyl (C=O) groups is 1. The van der Waals surface area contributed by atoms with Gasteiger partial charge in [-0.3, -0.25) is 27.9 Å². The first-order valence-corrected chi connectivity index (χ1v) is 11.7. The van der Waals surface area contributed by atoms with Gasteiger partial charge in [0.2, 0.25) is 0 Å². The number of ether oxygens (including phenoxy) is 3. The molecule has 1 aromatic heterocycles. The maximum atomic E-state index is 13.0. The van der Waals surface area contributed by atoms with E-state index < -0.39 is 55.0 Å². The van der Waals surface area contributed by atoms with Gasteiger partial charge in [-0.25, -0.2) is 14.2 Å². The van der Waals surface area contributed by atoms with E-state index in [0.717, 1.165) is 0 Å². The Labute approximate surface area is 184 Å². The zero-order valence-corrected chi connectivity index (χ0v) is 19.5. The molecule has 0 spiro atoms. The lowest BCUT2D eigenvalue weighted by atomic mass is 9.84. The topological polar surface area (TPSA) is 144 Å². The first-order valence-electron chi connectivity index (χ1n) is 10.2. The van der Waals surface area contributed by atoms with E-state index in [1.54, 1.807) is 27.7 Å². The molecule has 0 unspecified atom stereocenters. The Hall–Kier alpha value is -1.82. The number of nitrogens with zero attached hydrogens (tertiary/aromatic N) is 1. The van der Waals surface area contributed by atoms with Crippen molar-refractivity contribution in [2.24, 2.45) is 5.41 Å². The average Bonchev–Trinajstić information content (AvgIpc) is 2.95. The lowest BCUT2D eigenvalue weighted by Gasteiger charge is -2.36. The van der Waals surface area contributed by atoms with Gasteiger partial charge in [-0.2, -0.15) is 0 Å². The van der Waals surface area contributed by atoms with Gasteiger partial charge in [-0.1, -0.05) is 13.8 Å². The highest BCUT2D eigenvalue weighted by molar-refractivity contribution is 7.48. The number of fused-ring (bicyclic) bond motifs is 1. The monoisotopic (exact) mass is 476 g/mol. The number of carbonyl (C=O) groups excluding carboxylic acids is 1. The van der Waals surface area contributed by atoms with Crippen molar-refractivity contribution < 1.29 is 37.1 Å². The summed E-state index contributed by atoms with van der Waals surface area (Å²) in [6, 6.07) is 1.21. The second-order valence-corrected chi connectivity index (χ2v) is 10.1. The number of aromatic amines is 1. The van der Waals surface area contributed by atoms with Crippen molar-refractivity contribution in [2.45, 2.75) is 64.8 Å². The first-order chi connectivity index (χ1) is 15.0. The van der Waals surface area contributed by atoms with Crippen LogP contribution in [-0.2, 0) is 37.1 Å². The molecule has 5 atom stereocenters. The fraction of sp³-hybridized carbons (Fsp3) is 0.737. The zero-order valence-electron chi connectivity index (χ0n) is 18.6. The van der Waals surface area contributed by atoms with Crippen molar-refractivity contribution in [3.05, 3.63) is 33.1 Å². The van der Waals surface area contributed by atoms with E-state index in [4.69, 9.17) is 27.8 Å². The van der Waals surface area contributed by atoms with Crippen LogP contribution in [0.25, 0.3) is 0 Å². The van der Waals surface area contributed by atoms with Crippen molar-refractivity contribution in [2.75, 3.05) is 20.3 Å². The molecular formula is C19H29N2O10P. The number of methoxy groups -OCH3 is 1. The van der Waals surface area contributed by atoms with Gasteiger partial charge < -0.3 is 14.2 Å². The molecule has 0 aromatic carbocycles. The minimum Gasteiger partial charge on any atom is -0.461 e. The van der Waals surface area contributed by atoms with E-state index in [0.29, 0.717) is 0 Å².